The Balaban J connectivity index is 2.69. The van der Waals surface area contributed by atoms with E-state index >= 15 is 0 Å². The predicted octanol–water partition coefficient (Wildman–Crippen LogP) is 1.68. The third kappa shape index (κ3) is 2.91. The molecule has 0 aliphatic rings. The first-order valence-electron chi connectivity index (χ1n) is 3.64. The maximum atomic E-state index is 10.5. The Morgan fingerprint density at radius 3 is 2.46 bits per heavy atom. The quantitative estimate of drug-likeness (QED) is 0.588. The van der Waals surface area contributed by atoms with Gasteiger partial charge < -0.3 is 9.90 Å². The van der Waals surface area contributed by atoms with Crippen LogP contribution in [0.1, 0.15) is 10.4 Å². The third-order valence-electron chi connectivity index (χ3n) is 1.42. The number of rotatable bonds is 4. The van der Waals surface area contributed by atoms with Crippen LogP contribution in [0.3, 0.4) is 0 Å². The Hall–Kier alpha value is -1.29. The lowest BCUT2D eigenvalue weighted by atomic mass is 10.2. The van der Waals surface area contributed by atoms with Gasteiger partial charge in [-0.2, -0.15) is 0 Å². The number of carboxylic acid groups (broad SMARTS) is 1. The summed E-state index contributed by atoms with van der Waals surface area (Å²) in [7, 11) is 0. The lowest BCUT2D eigenvalue weighted by Gasteiger charge is -1.97. The molecule has 0 spiro atoms. The lowest BCUT2D eigenvalue weighted by molar-refractivity contribution is -0.105. The summed E-state index contributed by atoms with van der Waals surface area (Å²) in [6.07, 6.45) is 0.815. The van der Waals surface area contributed by atoms with E-state index in [0.717, 1.165) is 11.2 Å². The highest BCUT2D eigenvalue weighted by Gasteiger charge is 2.01. The fourth-order valence-electron chi connectivity index (χ4n) is 0.824. The second kappa shape index (κ2) is 4.67. The van der Waals surface area contributed by atoms with E-state index in [9.17, 15) is 9.59 Å². The molecule has 0 saturated carbocycles. The van der Waals surface area contributed by atoms with Crippen molar-refractivity contribution in [1.82, 2.24) is 0 Å². The van der Waals surface area contributed by atoms with E-state index < -0.39 is 5.97 Å². The average molecular weight is 196 g/mol. The van der Waals surface area contributed by atoms with E-state index in [2.05, 4.69) is 0 Å². The van der Waals surface area contributed by atoms with Gasteiger partial charge in [0.05, 0.1) is 11.3 Å². The average Bonchev–Trinajstić information content (AvgIpc) is 2.15. The van der Waals surface area contributed by atoms with Crippen molar-refractivity contribution in [1.29, 1.82) is 0 Å². The molecule has 0 fully saturated rings. The Kier molecular flexibility index (Phi) is 3.52. The van der Waals surface area contributed by atoms with Crippen LogP contribution in [0.2, 0.25) is 0 Å². The zero-order chi connectivity index (χ0) is 9.68. The molecule has 0 heterocycles. The fourth-order valence-corrected chi connectivity index (χ4v) is 1.41. The van der Waals surface area contributed by atoms with Crippen LogP contribution in [0.25, 0.3) is 0 Å². The Labute approximate surface area is 79.8 Å². The van der Waals surface area contributed by atoms with Gasteiger partial charge in [-0.15, -0.1) is 11.8 Å². The third-order valence-corrected chi connectivity index (χ3v) is 2.33. The van der Waals surface area contributed by atoms with E-state index in [1.807, 2.05) is 0 Å². The summed E-state index contributed by atoms with van der Waals surface area (Å²) in [6.45, 7) is 0. The first-order chi connectivity index (χ1) is 6.24. The molecule has 0 amide bonds. The van der Waals surface area contributed by atoms with Gasteiger partial charge in [0.25, 0.3) is 0 Å². The number of hydrogen-bond donors (Lipinski definition) is 1. The van der Waals surface area contributed by atoms with E-state index in [4.69, 9.17) is 5.11 Å². The van der Waals surface area contributed by atoms with Gasteiger partial charge in [-0.3, -0.25) is 0 Å². The number of thioether (sulfide) groups is 1. The van der Waals surface area contributed by atoms with Crippen LogP contribution in [0.5, 0.6) is 0 Å². The molecular weight excluding hydrogens is 188 g/mol. The van der Waals surface area contributed by atoms with Crippen LogP contribution in [0.15, 0.2) is 29.2 Å². The van der Waals surface area contributed by atoms with Crippen LogP contribution in [-0.4, -0.2) is 23.1 Å². The number of benzene rings is 1. The molecule has 0 bridgehead atoms. The van der Waals surface area contributed by atoms with Crippen LogP contribution < -0.4 is 0 Å². The van der Waals surface area contributed by atoms with Gasteiger partial charge in [0.2, 0.25) is 0 Å². The number of carbonyl (C=O) groups is 2. The maximum absolute atomic E-state index is 10.5. The fraction of sp³-hybridized carbons (Fsp3) is 0.111. The molecule has 13 heavy (non-hydrogen) atoms. The van der Waals surface area contributed by atoms with Gasteiger partial charge in [0, 0.05) is 4.90 Å². The molecule has 0 unspecified atom stereocenters. The largest absolute Gasteiger partial charge is 0.478 e. The highest BCUT2D eigenvalue weighted by atomic mass is 32.2. The van der Waals surface area contributed by atoms with E-state index in [0.29, 0.717) is 5.75 Å². The molecule has 1 N–H and O–H groups in total. The topological polar surface area (TPSA) is 54.4 Å². The lowest BCUT2D eigenvalue weighted by Crippen LogP contribution is -1.94. The molecule has 4 heteroatoms. The SMILES string of the molecule is O=CCSc1ccc(C(=O)O)cc1. The number of aldehydes is 1. The number of aromatic carboxylic acids is 1. The van der Waals surface area contributed by atoms with Gasteiger partial charge >= 0.3 is 5.97 Å². The highest BCUT2D eigenvalue weighted by Crippen LogP contribution is 2.17. The molecule has 3 nitrogen and oxygen atoms in total. The maximum Gasteiger partial charge on any atom is 0.335 e. The molecule has 1 rings (SSSR count). The summed E-state index contributed by atoms with van der Waals surface area (Å²) < 4.78 is 0. The Bertz CT molecular complexity index is 305. The van der Waals surface area contributed by atoms with Crippen LogP contribution in [0, 0.1) is 0 Å². The zero-order valence-corrected chi connectivity index (χ0v) is 7.58. The summed E-state index contributed by atoms with van der Waals surface area (Å²) >= 11 is 1.38. The molecule has 0 radical (unpaired) electrons. The minimum Gasteiger partial charge on any atom is -0.478 e. The van der Waals surface area contributed by atoms with Crippen molar-refractivity contribution in [2.24, 2.45) is 0 Å². The van der Waals surface area contributed by atoms with Crippen molar-refractivity contribution in [3.8, 4) is 0 Å². The minimum absolute atomic E-state index is 0.260. The van der Waals surface area contributed by atoms with Crippen molar-refractivity contribution in [2.75, 3.05) is 5.75 Å². The number of hydrogen-bond acceptors (Lipinski definition) is 3. The van der Waals surface area contributed by atoms with Crippen LogP contribution in [0.4, 0.5) is 0 Å². The van der Waals surface area contributed by atoms with Gasteiger partial charge in [-0.1, -0.05) is 0 Å². The minimum atomic E-state index is -0.938. The molecule has 0 aliphatic heterocycles. The van der Waals surface area contributed by atoms with Crippen molar-refractivity contribution in [3.05, 3.63) is 29.8 Å². The van der Waals surface area contributed by atoms with Gasteiger partial charge in [-0.05, 0) is 24.3 Å². The zero-order valence-electron chi connectivity index (χ0n) is 6.77. The van der Waals surface area contributed by atoms with Gasteiger partial charge in [-0.25, -0.2) is 4.79 Å². The molecular formula is C9H8O3S. The molecule has 68 valence electrons. The van der Waals surface area contributed by atoms with Crippen molar-refractivity contribution in [3.63, 3.8) is 0 Å². The summed E-state index contributed by atoms with van der Waals surface area (Å²) in [5.74, 6) is -0.543. The van der Waals surface area contributed by atoms with Crippen LogP contribution in [-0.2, 0) is 4.79 Å². The standard InChI is InChI=1S/C9H8O3S/c10-5-6-13-8-3-1-7(2-4-8)9(11)12/h1-5H,6H2,(H,11,12). The monoisotopic (exact) mass is 196 g/mol. The first-order valence-corrected chi connectivity index (χ1v) is 4.62. The van der Waals surface area contributed by atoms with Crippen molar-refractivity contribution >= 4 is 24.0 Å². The number of carboxylic acids is 1. The van der Waals surface area contributed by atoms with Gasteiger partial charge in [0.15, 0.2) is 0 Å². The molecule has 0 aliphatic carbocycles. The molecule has 1 aromatic rings. The number of carbonyl (C=O) groups excluding carboxylic acids is 1. The summed E-state index contributed by atoms with van der Waals surface area (Å²) in [4.78, 5) is 21.4. The van der Waals surface area contributed by atoms with Crippen molar-refractivity contribution in [2.45, 2.75) is 4.90 Å². The molecule has 0 atom stereocenters. The Morgan fingerprint density at radius 2 is 2.00 bits per heavy atom. The van der Waals surface area contributed by atoms with E-state index in [-0.39, 0.29) is 5.56 Å². The normalized spacial score (nSPS) is 9.54. The van der Waals surface area contributed by atoms with E-state index in [1.54, 1.807) is 12.1 Å². The summed E-state index contributed by atoms with van der Waals surface area (Å²) in [5, 5.41) is 8.59. The predicted molar refractivity (Wildman–Crippen MR) is 50.2 cm³/mol. The molecule has 1 aromatic carbocycles. The van der Waals surface area contributed by atoms with Crippen LogP contribution >= 0.6 is 11.8 Å². The summed E-state index contributed by atoms with van der Waals surface area (Å²) in [6, 6.07) is 6.43. The van der Waals surface area contributed by atoms with E-state index in [1.165, 1.54) is 23.9 Å². The van der Waals surface area contributed by atoms with Gasteiger partial charge in [0.1, 0.15) is 6.29 Å². The highest BCUT2D eigenvalue weighted by molar-refractivity contribution is 7.99. The molecule has 0 saturated heterocycles. The van der Waals surface area contributed by atoms with Crippen molar-refractivity contribution < 1.29 is 14.7 Å². The first kappa shape index (κ1) is 9.80. The Morgan fingerprint density at radius 1 is 1.38 bits per heavy atom. The second-order valence-electron chi connectivity index (χ2n) is 2.31. The summed E-state index contributed by atoms with van der Waals surface area (Å²) in [5.41, 5.74) is 0.260. The molecule has 0 aromatic heterocycles. The second-order valence-corrected chi connectivity index (χ2v) is 3.40. The smallest absolute Gasteiger partial charge is 0.335 e.